The van der Waals surface area contributed by atoms with Gasteiger partial charge in [0.05, 0.1) is 11.0 Å². The molecule has 0 amide bonds. The normalized spacial score (nSPS) is 45.3. The Hall–Kier alpha value is -1.30. The minimum atomic E-state index is -0.813. The second-order valence-electron chi connectivity index (χ2n) is 7.54. The third kappa shape index (κ3) is 1.17. The van der Waals surface area contributed by atoms with Crippen molar-refractivity contribution >= 4 is 0 Å². The summed E-state index contributed by atoms with van der Waals surface area (Å²) in [6.07, 6.45) is 2.88. The number of likely N-dealkylation sites (N-methyl/N-ethyl adjacent to an activating group) is 1. The summed E-state index contributed by atoms with van der Waals surface area (Å²) < 4.78 is 6.17. The number of piperidine rings is 1. The van der Waals surface area contributed by atoms with E-state index in [-0.39, 0.29) is 23.9 Å². The van der Waals surface area contributed by atoms with Gasteiger partial charge in [-0.3, -0.25) is 0 Å². The van der Waals surface area contributed by atoms with Crippen molar-refractivity contribution in [2.75, 3.05) is 13.6 Å². The highest BCUT2D eigenvalue weighted by Gasteiger charge is 2.72. The molecule has 2 fully saturated rings. The van der Waals surface area contributed by atoms with E-state index in [0.29, 0.717) is 12.2 Å². The van der Waals surface area contributed by atoms with Gasteiger partial charge in [-0.1, -0.05) is 6.07 Å². The van der Waals surface area contributed by atoms with Crippen LogP contribution in [0.3, 0.4) is 0 Å². The molecule has 5 rings (SSSR count). The molecular weight excluding hydrogens is 280 g/mol. The van der Waals surface area contributed by atoms with Crippen molar-refractivity contribution in [1.29, 1.82) is 0 Å². The summed E-state index contributed by atoms with van der Waals surface area (Å²) in [7, 11) is 2.10. The number of hydrogen-bond acceptors (Lipinski definition) is 5. The third-order valence-corrected chi connectivity index (χ3v) is 6.78. The van der Waals surface area contributed by atoms with Gasteiger partial charge < -0.3 is 25.6 Å². The molecule has 2 aliphatic heterocycles. The summed E-state index contributed by atoms with van der Waals surface area (Å²) in [6, 6.07) is 3.71. The summed E-state index contributed by atoms with van der Waals surface area (Å²) >= 11 is 0. The standard InChI is InChI=1S/C17H22N2O3/c1-19-7-6-16-13-9-2-3-11(20)14(13)22-15(16)10(18)4-5-17(16,21)12(19)8-9/h2-3,10,12,15,20-21H,4-8,18H2,1H3/t10?,12?,15-,16-,17+/m0/s1. The van der Waals surface area contributed by atoms with Crippen molar-refractivity contribution in [1.82, 2.24) is 4.90 Å². The number of hydrogen-bond donors (Lipinski definition) is 3. The first-order valence-corrected chi connectivity index (χ1v) is 8.19. The maximum absolute atomic E-state index is 11.7. The minimum absolute atomic E-state index is 0.0953. The number of nitrogens with two attached hydrogens (primary N) is 1. The van der Waals surface area contributed by atoms with E-state index in [1.54, 1.807) is 6.07 Å². The molecule has 2 heterocycles. The van der Waals surface area contributed by atoms with Crippen LogP contribution in [0.25, 0.3) is 0 Å². The van der Waals surface area contributed by atoms with Crippen LogP contribution in [0.2, 0.25) is 0 Å². The van der Waals surface area contributed by atoms with Gasteiger partial charge in [-0.2, -0.15) is 0 Å². The van der Waals surface area contributed by atoms with Crippen LogP contribution in [0.15, 0.2) is 12.1 Å². The minimum Gasteiger partial charge on any atom is -0.504 e. The Balaban J connectivity index is 1.86. The van der Waals surface area contributed by atoms with Crippen molar-refractivity contribution in [3.05, 3.63) is 23.3 Å². The van der Waals surface area contributed by atoms with Crippen LogP contribution in [-0.2, 0) is 11.8 Å². The van der Waals surface area contributed by atoms with Gasteiger partial charge in [0.15, 0.2) is 11.5 Å². The van der Waals surface area contributed by atoms with E-state index in [4.69, 9.17) is 10.5 Å². The molecule has 4 aliphatic rings. The number of aliphatic hydroxyl groups is 1. The lowest BCUT2D eigenvalue weighted by atomic mass is 9.48. The van der Waals surface area contributed by atoms with Crippen LogP contribution < -0.4 is 10.5 Å². The maximum Gasteiger partial charge on any atom is 0.165 e. The zero-order valence-electron chi connectivity index (χ0n) is 12.7. The van der Waals surface area contributed by atoms with Gasteiger partial charge in [-0.15, -0.1) is 0 Å². The quantitative estimate of drug-likeness (QED) is 0.650. The first kappa shape index (κ1) is 13.2. The summed E-state index contributed by atoms with van der Waals surface area (Å²) in [5.41, 5.74) is 7.35. The summed E-state index contributed by atoms with van der Waals surface area (Å²) in [5, 5.41) is 22.0. The number of phenolic OH excluding ortho intramolecular Hbond substituents is 1. The molecule has 0 radical (unpaired) electrons. The van der Waals surface area contributed by atoms with Crippen molar-refractivity contribution in [2.45, 2.75) is 54.9 Å². The van der Waals surface area contributed by atoms with Gasteiger partial charge >= 0.3 is 0 Å². The predicted octanol–water partition coefficient (Wildman–Crippen LogP) is 0.503. The van der Waals surface area contributed by atoms with E-state index in [2.05, 4.69) is 11.9 Å². The zero-order valence-corrected chi connectivity index (χ0v) is 12.7. The smallest absolute Gasteiger partial charge is 0.165 e. The lowest BCUT2D eigenvalue weighted by Gasteiger charge is -2.63. The van der Waals surface area contributed by atoms with Crippen LogP contribution in [0.5, 0.6) is 11.5 Å². The number of likely N-dealkylation sites (tertiary alicyclic amines) is 1. The van der Waals surface area contributed by atoms with Gasteiger partial charge in [0.1, 0.15) is 6.10 Å². The lowest BCUT2D eigenvalue weighted by Crippen LogP contribution is -2.77. The highest BCUT2D eigenvalue weighted by atomic mass is 16.5. The summed E-state index contributed by atoms with van der Waals surface area (Å²) in [5.74, 6) is 0.746. The molecule has 1 saturated heterocycles. The molecule has 5 heteroatoms. The Labute approximate surface area is 129 Å². The fourth-order valence-corrected chi connectivity index (χ4v) is 5.79. The Morgan fingerprint density at radius 2 is 2.18 bits per heavy atom. The molecule has 22 heavy (non-hydrogen) atoms. The molecule has 1 aromatic rings. The number of aromatic hydroxyl groups is 1. The molecule has 0 aromatic heterocycles. The molecule has 5 nitrogen and oxygen atoms in total. The van der Waals surface area contributed by atoms with Gasteiger partial charge in [0.2, 0.25) is 0 Å². The van der Waals surface area contributed by atoms with E-state index in [1.165, 1.54) is 5.56 Å². The SMILES string of the molecule is CN1CC[C@]23c4c5ccc(O)c4O[C@H]2C(N)CC[C@@]3(O)C1C5. The van der Waals surface area contributed by atoms with Crippen LogP contribution >= 0.6 is 0 Å². The molecular formula is C17H22N2O3. The fraction of sp³-hybridized carbons (Fsp3) is 0.647. The van der Waals surface area contributed by atoms with Crippen molar-refractivity contribution in [3.63, 3.8) is 0 Å². The van der Waals surface area contributed by atoms with Crippen molar-refractivity contribution in [2.24, 2.45) is 5.73 Å². The topological polar surface area (TPSA) is 79.0 Å². The Morgan fingerprint density at radius 3 is 3.00 bits per heavy atom. The monoisotopic (exact) mass is 302 g/mol. The van der Waals surface area contributed by atoms with Crippen LogP contribution in [0, 0.1) is 0 Å². The second-order valence-corrected chi connectivity index (χ2v) is 7.54. The number of benzene rings is 1. The largest absolute Gasteiger partial charge is 0.504 e. The number of phenols is 1. The first-order valence-electron chi connectivity index (χ1n) is 8.19. The average Bonchev–Trinajstić information content (AvgIpc) is 2.85. The van der Waals surface area contributed by atoms with Gasteiger partial charge in [-0.25, -0.2) is 0 Å². The Kier molecular flexibility index (Phi) is 2.26. The zero-order chi connectivity index (χ0) is 15.3. The van der Waals surface area contributed by atoms with Crippen molar-refractivity contribution < 1.29 is 14.9 Å². The lowest BCUT2D eigenvalue weighted by molar-refractivity contribution is -0.184. The van der Waals surface area contributed by atoms with E-state index in [1.807, 2.05) is 6.07 Å². The Morgan fingerprint density at radius 1 is 1.36 bits per heavy atom. The number of ether oxygens (including phenoxy) is 1. The second kappa shape index (κ2) is 3.78. The first-order chi connectivity index (χ1) is 10.5. The average molecular weight is 302 g/mol. The third-order valence-electron chi connectivity index (χ3n) is 6.78. The van der Waals surface area contributed by atoms with E-state index in [0.717, 1.165) is 31.4 Å². The maximum atomic E-state index is 11.7. The fourth-order valence-electron chi connectivity index (χ4n) is 5.79. The highest BCUT2D eigenvalue weighted by Crippen LogP contribution is 2.64. The summed E-state index contributed by atoms with van der Waals surface area (Å²) in [4.78, 5) is 2.28. The highest BCUT2D eigenvalue weighted by molar-refractivity contribution is 5.62. The van der Waals surface area contributed by atoms with E-state index in [9.17, 15) is 10.2 Å². The molecule has 1 aromatic carbocycles. The van der Waals surface area contributed by atoms with Crippen LogP contribution in [-0.4, -0.2) is 52.5 Å². The molecule has 118 valence electrons. The molecule has 2 bridgehead atoms. The number of rotatable bonds is 0. The van der Waals surface area contributed by atoms with Gasteiger partial charge in [0, 0.05) is 17.6 Å². The predicted molar refractivity (Wildman–Crippen MR) is 81.1 cm³/mol. The molecule has 1 spiro atoms. The van der Waals surface area contributed by atoms with Gasteiger partial charge in [-0.05, 0) is 50.9 Å². The molecule has 5 atom stereocenters. The van der Waals surface area contributed by atoms with Crippen LogP contribution in [0.1, 0.15) is 30.4 Å². The molecule has 2 aliphatic carbocycles. The van der Waals surface area contributed by atoms with Gasteiger partial charge in [0.25, 0.3) is 0 Å². The summed E-state index contributed by atoms with van der Waals surface area (Å²) in [6.45, 7) is 0.925. The van der Waals surface area contributed by atoms with Crippen LogP contribution in [0.4, 0.5) is 0 Å². The van der Waals surface area contributed by atoms with E-state index >= 15 is 0 Å². The Bertz CT molecular complexity index is 678. The van der Waals surface area contributed by atoms with E-state index < -0.39 is 11.0 Å². The molecule has 4 N–H and O–H groups in total. The molecule has 1 saturated carbocycles. The number of nitrogens with zero attached hydrogens (tertiary/aromatic N) is 1. The molecule has 2 unspecified atom stereocenters. The van der Waals surface area contributed by atoms with Crippen molar-refractivity contribution in [3.8, 4) is 11.5 Å².